The van der Waals surface area contributed by atoms with Crippen molar-refractivity contribution in [2.75, 3.05) is 37.6 Å². The number of imide groups is 1. The summed E-state index contributed by atoms with van der Waals surface area (Å²) in [5.41, 5.74) is 1.24. The van der Waals surface area contributed by atoms with E-state index in [0.717, 1.165) is 32.0 Å². The maximum Gasteiger partial charge on any atom is 0.229 e. The number of piperidine rings is 1. The Labute approximate surface area is 160 Å². The highest BCUT2D eigenvalue weighted by atomic mass is 16.2. The molecule has 7 nitrogen and oxygen atoms in total. The summed E-state index contributed by atoms with van der Waals surface area (Å²) in [4.78, 5) is 32.0. The first kappa shape index (κ1) is 19.2. The summed E-state index contributed by atoms with van der Waals surface area (Å²) in [5.74, 6) is 0.594. The SMILES string of the molecule is CCNC(=NCCN1C(=O)CCCC1=O)NC1CCN(c2ccccc2)C1. The van der Waals surface area contributed by atoms with E-state index in [1.165, 1.54) is 10.6 Å². The number of anilines is 1. The number of aliphatic imine (C=N–C) groups is 1. The molecule has 2 N–H and O–H groups in total. The molecule has 0 aliphatic carbocycles. The number of hydrogen-bond donors (Lipinski definition) is 2. The van der Waals surface area contributed by atoms with E-state index in [9.17, 15) is 9.59 Å². The summed E-state index contributed by atoms with van der Waals surface area (Å²) in [6.07, 6.45) is 2.64. The second-order valence-corrected chi connectivity index (χ2v) is 6.96. The van der Waals surface area contributed by atoms with E-state index >= 15 is 0 Å². The number of carbonyl (C=O) groups is 2. The van der Waals surface area contributed by atoms with Crippen LogP contribution in [0.4, 0.5) is 5.69 Å². The van der Waals surface area contributed by atoms with Gasteiger partial charge in [-0.15, -0.1) is 0 Å². The van der Waals surface area contributed by atoms with Crippen molar-refractivity contribution < 1.29 is 9.59 Å². The number of carbonyl (C=O) groups excluding carboxylic acids is 2. The lowest BCUT2D eigenvalue weighted by molar-refractivity contribution is -0.147. The van der Waals surface area contributed by atoms with Crippen LogP contribution in [0.3, 0.4) is 0 Å². The Hall–Kier alpha value is -2.57. The van der Waals surface area contributed by atoms with Gasteiger partial charge in [-0.05, 0) is 31.9 Å². The number of likely N-dealkylation sites (tertiary alicyclic amines) is 1. The van der Waals surface area contributed by atoms with Gasteiger partial charge in [0.25, 0.3) is 0 Å². The third-order valence-electron chi connectivity index (χ3n) is 4.97. The molecule has 2 saturated heterocycles. The highest BCUT2D eigenvalue weighted by Crippen LogP contribution is 2.19. The minimum absolute atomic E-state index is 0.0753. The highest BCUT2D eigenvalue weighted by molar-refractivity contribution is 5.97. The zero-order valence-corrected chi connectivity index (χ0v) is 16.0. The molecule has 1 unspecified atom stereocenters. The predicted molar refractivity (Wildman–Crippen MR) is 107 cm³/mol. The van der Waals surface area contributed by atoms with Crippen LogP contribution in [0.25, 0.3) is 0 Å². The zero-order chi connectivity index (χ0) is 19.1. The van der Waals surface area contributed by atoms with Crippen LogP contribution in [0.1, 0.15) is 32.6 Å². The Morgan fingerprint density at radius 1 is 1.19 bits per heavy atom. The molecule has 2 heterocycles. The lowest BCUT2D eigenvalue weighted by Crippen LogP contribution is -2.45. The number of nitrogens with one attached hydrogen (secondary N) is 2. The summed E-state index contributed by atoms with van der Waals surface area (Å²) in [6, 6.07) is 10.7. The van der Waals surface area contributed by atoms with Crippen molar-refractivity contribution in [1.82, 2.24) is 15.5 Å². The molecule has 1 aromatic rings. The average Bonchev–Trinajstić information content (AvgIpc) is 3.13. The van der Waals surface area contributed by atoms with Crippen LogP contribution < -0.4 is 15.5 Å². The normalized spacial score (nSPS) is 20.9. The van der Waals surface area contributed by atoms with Crippen LogP contribution >= 0.6 is 0 Å². The summed E-state index contributed by atoms with van der Waals surface area (Å²) in [5, 5.41) is 6.74. The van der Waals surface area contributed by atoms with Crippen LogP contribution in [0.5, 0.6) is 0 Å². The van der Waals surface area contributed by atoms with E-state index in [0.29, 0.717) is 38.4 Å². The van der Waals surface area contributed by atoms with Crippen LogP contribution in [0.2, 0.25) is 0 Å². The number of hydrogen-bond acceptors (Lipinski definition) is 4. The molecule has 0 saturated carbocycles. The van der Waals surface area contributed by atoms with Crippen molar-refractivity contribution >= 4 is 23.5 Å². The Bertz CT molecular complexity index is 660. The lowest BCUT2D eigenvalue weighted by Gasteiger charge is -2.24. The van der Waals surface area contributed by atoms with Crippen molar-refractivity contribution in [2.24, 2.45) is 4.99 Å². The van der Waals surface area contributed by atoms with E-state index < -0.39 is 0 Å². The average molecular weight is 371 g/mol. The van der Waals surface area contributed by atoms with Gasteiger partial charge >= 0.3 is 0 Å². The van der Waals surface area contributed by atoms with Gasteiger partial charge in [0.2, 0.25) is 11.8 Å². The second kappa shape index (κ2) is 9.39. The van der Waals surface area contributed by atoms with Gasteiger partial charge in [-0.25, -0.2) is 0 Å². The van der Waals surface area contributed by atoms with Gasteiger partial charge in [0, 0.05) is 50.7 Å². The fourth-order valence-corrected chi connectivity index (χ4v) is 3.58. The quantitative estimate of drug-likeness (QED) is 0.449. The molecule has 27 heavy (non-hydrogen) atoms. The Balaban J connectivity index is 1.52. The third kappa shape index (κ3) is 5.21. The Morgan fingerprint density at radius 2 is 1.93 bits per heavy atom. The molecule has 1 aromatic carbocycles. The number of para-hydroxylation sites is 1. The summed E-state index contributed by atoms with van der Waals surface area (Å²) in [6.45, 7) is 5.51. The largest absolute Gasteiger partial charge is 0.369 e. The highest BCUT2D eigenvalue weighted by Gasteiger charge is 2.26. The van der Waals surface area contributed by atoms with E-state index in [1.54, 1.807) is 0 Å². The number of guanidine groups is 1. The van der Waals surface area contributed by atoms with E-state index in [4.69, 9.17) is 0 Å². The van der Waals surface area contributed by atoms with Crippen molar-refractivity contribution in [1.29, 1.82) is 0 Å². The first-order chi connectivity index (χ1) is 13.2. The van der Waals surface area contributed by atoms with E-state index in [2.05, 4.69) is 44.8 Å². The van der Waals surface area contributed by atoms with Crippen molar-refractivity contribution in [3.63, 3.8) is 0 Å². The number of benzene rings is 1. The third-order valence-corrected chi connectivity index (χ3v) is 4.97. The number of nitrogens with zero attached hydrogens (tertiary/aromatic N) is 3. The molecule has 146 valence electrons. The summed E-state index contributed by atoms with van der Waals surface area (Å²) in [7, 11) is 0. The smallest absolute Gasteiger partial charge is 0.229 e. The van der Waals surface area contributed by atoms with Crippen molar-refractivity contribution in [3.8, 4) is 0 Å². The van der Waals surface area contributed by atoms with Gasteiger partial charge < -0.3 is 15.5 Å². The molecule has 2 aliphatic rings. The Kier molecular flexibility index (Phi) is 6.68. The monoisotopic (exact) mass is 371 g/mol. The van der Waals surface area contributed by atoms with Gasteiger partial charge in [0.05, 0.1) is 6.54 Å². The van der Waals surface area contributed by atoms with Gasteiger partial charge in [0.15, 0.2) is 5.96 Å². The topological polar surface area (TPSA) is 77.0 Å². The first-order valence-corrected chi connectivity index (χ1v) is 9.85. The van der Waals surface area contributed by atoms with Crippen LogP contribution in [0, 0.1) is 0 Å². The minimum atomic E-state index is -0.0753. The molecule has 2 aliphatic heterocycles. The van der Waals surface area contributed by atoms with Crippen LogP contribution in [-0.4, -0.2) is 61.4 Å². The zero-order valence-electron chi connectivity index (χ0n) is 16.0. The maximum absolute atomic E-state index is 11.9. The maximum atomic E-state index is 11.9. The molecule has 7 heteroatoms. The van der Waals surface area contributed by atoms with Gasteiger partial charge in [0.1, 0.15) is 0 Å². The van der Waals surface area contributed by atoms with Gasteiger partial charge in [-0.3, -0.25) is 19.5 Å². The minimum Gasteiger partial charge on any atom is -0.369 e. The molecule has 3 rings (SSSR count). The van der Waals surface area contributed by atoms with Crippen molar-refractivity contribution in [2.45, 2.75) is 38.6 Å². The van der Waals surface area contributed by atoms with Gasteiger partial charge in [-0.2, -0.15) is 0 Å². The molecular weight excluding hydrogens is 342 g/mol. The number of amides is 2. The Morgan fingerprint density at radius 3 is 2.63 bits per heavy atom. The van der Waals surface area contributed by atoms with Gasteiger partial charge in [-0.1, -0.05) is 18.2 Å². The molecule has 0 spiro atoms. The summed E-state index contributed by atoms with van der Waals surface area (Å²) >= 11 is 0. The fourth-order valence-electron chi connectivity index (χ4n) is 3.58. The molecule has 0 bridgehead atoms. The van der Waals surface area contributed by atoms with E-state index in [1.807, 2.05) is 13.0 Å². The molecule has 1 atom stereocenters. The van der Waals surface area contributed by atoms with Crippen LogP contribution in [-0.2, 0) is 9.59 Å². The second-order valence-electron chi connectivity index (χ2n) is 6.96. The van der Waals surface area contributed by atoms with Crippen LogP contribution in [0.15, 0.2) is 35.3 Å². The summed E-state index contributed by atoms with van der Waals surface area (Å²) < 4.78 is 0. The molecule has 2 fully saturated rings. The molecule has 2 amide bonds. The molecule has 0 aromatic heterocycles. The lowest BCUT2D eigenvalue weighted by atomic mass is 10.1. The van der Waals surface area contributed by atoms with E-state index in [-0.39, 0.29) is 11.8 Å². The standard InChI is InChI=1S/C20H29N5O2/c1-2-21-20(22-12-14-25-18(26)9-6-10-19(25)27)23-16-11-13-24(15-16)17-7-4-3-5-8-17/h3-5,7-8,16H,2,6,9-15H2,1H3,(H2,21,22,23). The number of rotatable bonds is 6. The first-order valence-electron chi connectivity index (χ1n) is 9.85. The molecular formula is C20H29N5O2. The van der Waals surface area contributed by atoms with Crippen molar-refractivity contribution in [3.05, 3.63) is 30.3 Å². The molecule has 0 radical (unpaired) electrons. The predicted octanol–water partition coefficient (Wildman–Crippen LogP) is 1.36. The fraction of sp³-hybridized carbons (Fsp3) is 0.550.